The predicted octanol–water partition coefficient (Wildman–Crippen LogP) is -5.12. The molecule has 1 aliphatic heterocycles. The summed E-state index contributed by atoms with van der Waals surface area (Å²) >= 11 is 0. The fourth-order valence-electron chi connectivity index (χ4n) is 1.94. The van der Waals surface area contributed by atoms with Gasteiger partial charge in [0.15, 0.2) is 6.29 Å². The van der Waals surface area contributed by atoms with E-state index in [-0.39, 0.29) is 0 Å². The van der Waals surface area contributed by atoms with Crippen LogP contribution in [0.1, 0.15) is 0 Å². The Balaban J connectivity index is 2.74. The van der Waals surface area contributed by atoms with Crippen LogP contribution in [-0.4, -0.2) is 110 Å². The summed E-state index contributed by atoms with van der Waals surface area (Å²) in [5.74, 6) is 0. The van der Waals surface area contributed by atoms with Crippen molar-refractivity contribution in [2.45, 2.75) is 49.0 Å². The smallest absolute Gasteiger partial charge is 0.187 e. The Hall–Kier alpha value is -0.400. The summed E-state index contributed by atoms with van der Waals surface area (Å²) in [5, 5.41) is 74.7. The molecule has 21 heavy (non-hydrogen) atoms. The third-order valence-electron chi connectivity index (χ3n) is 3.30. The summed E-state index contributed by atoms with van der Waals surface area (Å²) in [7, 11) is 0. The number of aliphatic hydroxyl groups excluding tert-OH is 8. The lowest BCUT2D eigenvalue weighted by Crippen LogP contribution is -2.60. The molecule has 0 aromatic heterocycles. The van der Waals surface area contributed by atoms with Gasteiger partial charge < -0.3 is 50.3 Å². The lowest BCUT2D eigenvalue weighted by atomic mass is 9.99. The first-order valence-electron chi connectivity index (χ1n) is 6.41. The summed E-state index contributed by atoms with van der Waals surface area (Å²) in [6.45, 7) is -2.21. The highest BCUT2D eigenvalue weighted by molar-refractivity contribution is 4.90. The molecule has 8 atom stereocenters. The van der Waals surface area contributed by atoms with Gasteiger partial charge in [-0.15, -0.1) is 0 Å². The molecule has 1 heterocycles. The van der Waals surface area contributed by atoms with Crippen molar-refractivity contribution in [2.75, 3.05) is 19.8 Å². The Labute approximate surface area is 120 Å². The molecular weight excluding hydrogens is 292 g/mol. The average Bonchev–Trinajstić information content (AvgIpc) is 2.50. The van der Waals surface area contributed by atoms with Gasteiger partial charge in [-0.1, -0.05) is 0 Å². The van der Waals surface area contributed by atoms with Crippen LogP contribution in [0.25, 0.3) is 0 Å². The zero-order valence-corrected chi connectivity index (χ0v) is 11.1. The van der Waals surface area contributed by atoms with Gasteiger partial charge in [-0.2, -0.15) is 0 Å². The van der Waals surface area contributed by atoms with Crippen molar-refractivity contribution in [1.82, 2.24) is 0 Å². The Morgan fingerprint density at radius 1 is 0.905 bits per heavy atom. The van der Waals surface area contributed by atoms with Crippen LogP contribution in [0.4, 0.5) is 0 Å². The maximum atomic E-state index is 9.73. The average molecular weight is 314 g/mol. The van der Waals surface area contributed by atoms with Crippen LogP contribution in [0.15, 0.2) is 0 Å². The third-order valence-corrected chi connectivity index (χ3v) is 3.30. The summed E-state index contributed by atoms with van der Waals surface area (Å²) in [6.07, 6.45) is -12.4. The van der Waals surface area contributed by atoms with Gasteiger partial charge in [0.05, 0.1) is 19.8 Å². The van der Waals surface area contributed by atoms with E-state index in [0.717, 1.165) is 0 Å². The molecular formula is C11H22O10. The zero-order chi connectivity index (χ0) is 16.2. The van der Waals surface area contributed by atoms with Crippen molar-refractivity contribution < 1.29 is 50.3 Å². The van der Waals surface area contributed by atoms with Crippen molar-refractivity contribution in [3.05, 3.63) is 0 Å². The Kier molecular flexibility index (Phi) is 7.36. The Morgan fingerprint density at radius 2 is 1.52 bits per heavy atom. The zero-order valence-electron chi connectivity index (χ0n) is 11.1. The molecule has 0 amide bonds. The van der Waals surface area contributed by atoms with Crippen LogP contribution >= 0.6 is 0 Å². The highest BCUT2D eigenvalue weighted by Crippen LogP contribution is 2.23. The van der Waals surface area contributed by atoms with Crippen LogP contribution in [0.5, 0.6) is 0 Å². The molecule has 0 spiro atoms. The summed E-state index contributed by atoms with van der Waals surface area (Å²) < 4.78 is 10.1. The first-order valence-corrected chi connectivity index (χ1v) is 6.41. The number of rotatable bonds is 7. The first kappa shape index (κ1) is 18.6. The van der Waals surface area contributed by atoms with Crippen LogP contribution in [0.3, 0.4) is 0 Å². The molecule has 10 nitrogen and oxygen atoms in total. The van der Waals surface area contributed by atoms with E-state index in [0.29, 0.717) is 0 Å². The van der Waals surface area contributed by atoms with E-state index in [1.54, 1.807) is 0 Å². The van der Waals surface area contributed by atoms with Gasteiger partial charge in [-0.3, -0.25) is 0 Å². The predicted molar refractivity (Wildman–Crippen MR) is 64.8 cm³/mol. The van der Waals surface area contributed by atoms with Crippen LogP contribution in [-0.2, 0) is 9.47 Å². The maximum Gasteiger partial charge on any atom is 0.187 e. The molecule has 0 bridgehead atoms. The summed E-state index contributed by atoms with van der Waals surface area (Å²) in [4.78, 5) is 0. The number of ether oxygens (including phenoxy) is 2. The quantitative estimate of drug-likeness (QED) is 0.226. The molecule has 1 aliphatic rings. The Bertz CT molecular complexity index is 301. The molecule has 1 fully saturated rings. The van der Waals surface area contributed by atoms with Gasteiger partial charge in [0.25, 0.3) is 0 Å². The second-order valence-electron chi connectivity index (χ2n) is 4.79. The van der Waals surface area contributed by atoms with Gasteiger partial charge in [0.2, 0.25) is 0 Å². The largest absolute Gasteiger partial charge is 0.394 e. The van der Waals surface area contributed by atoms with Crippen molar-refractivity contribution in [3.8, 4) is 0 Å². The van der Waals surface area contributed by atoms with E-state index in [1.807, 2.05) is 0 Å². The minimum absolute atomic E-state index is 0.656. The van der Waals surface area contributed by atoms with Gasteiger partial charge in [0.1, 0.15) is 42.7 Å². The monoisotopic (exact) mass is 314 g/mol. The minimum atomic E-state index is -1.70. The van der Waals surface area contributed by atoms with E-state index < -0.39 is 68.8 Å². The second kappa shape index (κ2) is 8.29. The summed E-state index contributed by atoms with van der Waals surface area (Å²) in [6, 6.07) is 0. The molecule has 1 rings (SSSR count). The topological polar surface area (TPSA) is 180 Å². The van der Waals surface area contributed by atoms with Crippen LogP contribution in [0.2, 0.25) is 0 Å². The SMILES string of the molecule is OC[C@@H](O)[C@@H](O)[C@@H](CO)O[C@H]1O[C@H](CO)[C@@H](O)[C@H](O)[C@H]1O. The first-order chi connectivity index (χ1) is 9.87. The van der Waals surface area contributed by atoms with Crippen LogP contribution < -0.4 is 0 Å². The van der Waals surface area contributed by atoms with Gasteiger partial charge in [-0.25, -0.2) is 0 Å². The fourth-order valence-corrected chi connectivity index (χ4v) is 1.94. The Morgan fingerprint density at radius 3 is 2.00 bits per heavy atom. The normalized spacial score (nSPS) is 38.0. The van der Waals surface area contributed by atoms with E-state index in [4.69, 9.17) is 24.8 Å². The van der Waals surface area contributed by atoms with Gasteiger partial charge in [0, 0.05) is 0 Å². The van der Waals surface area contributed by atoms with Crippen molar-refractivity contribution in [1.29, 1.82) is 0 Å². The standard InChI is InChI=1S/C11H22O10/c12-1-4(15)7(16)5(2-13)20-11-10(19)9(18)8(17)6(3-14)21-11/h4-19H,1-3H2/t4-,5-,6-,7-,8-,9+,10-,11+/m1/s1. The van der Waals surface area contributed by atoms with E-state index >= 15 is 0 Å². The molecule has 0 aliphatic carbocycles. The number of hydrogen-bond acceptors (Lipinski definition) is 10. The molecule has 1 saturated heterocycles. The molecule has 0 radical (unpaired) electrons. The van der Waals surface area contributed by atoms with Gasteiger partial charge >= 0.3 is 0 Å². The summed E-state index contributed by atoms with van der Waals surface area (Å²) in [5.41, 5.74) is 0. The molecule has 8 N–H and O–H groups in total. The molecule has 0 saturated carbocycles. The second-order valence-corrected chi connectivity index (χ2v) is 4.79. The van der Waals surface area contributed by atoms with Crippen molar-refractivity contribution in [2.24, 2.45) is 0 Å². The van der Waals surface area contributed by atoms with E-state index in [9.17, 15) is 25.5 Å². The van der Waals surface area contributed by atoms with Crippen LogP contribution in [0, 0.1) is 0 Å². The molecule has 0 unspecified atom stereocenters. The van der Waals surface area contributed by atoms with Crippen molar-refractivity contribution >= 4 is 0 Å². The molecule has 0 aromatic carbocycles. The molecule has 10 heteroatoms. The van der Waals surface area contributed by atoms with Gasteiger partial charge in [-0.05, 0) is 0 Å². The number of aliphatic hydroxyl groups is 8. The highest BCUT2D eigenvalue weighted by atomic mass is 16.7. The third kappa shape index (κ3) is 4.29. The molecule has 126 valence electrons. The van der Waals surface area contributed by atoms with Crippen molar-refractivity contribution in [3.63, 3.8) is 0 Å². The lowest BCUT2D eigenvalue weighted by molar-refractivity contribution is -0.321. The fraction of sp³-hybridized carbons (Fsp3) is 1.00. The molecule has 0 aromatic rings. The van der Waals surface area contributed by atoms with E-state index in [2.05, 4.69) is 0 Å². The highest BCUT2D eigenvalue weighted by Gasteiger charge is 2.45. The lowest BCUT2D eigenvalue weighted by Gasteiger charge is -2.41. The van der Waals surface area contributed by atoms with E-state index in [1.165, 1.54) is 0 Å². The number of hydrogen-bond donors (Lipinski definition) is 8. The maximum absolute atomic E-state index is 9.73. The minimum Gasteiger partial charge on any atom is -0.394 e.